The number of hydrogen-bond donors (Lipinski definition) is 1. The first-order chi connectivity index (χ1) is 1.00. The number of rotatable bonds is 0. The third-order valence-electron chi connectivity index (χ3n) is 0. The van der Waals surface area contributed by atoms with E-state index >= 15 is 0 Å². The van der Waals surface area contributed by atoms with Crippen LogP contribution in [0.4, 0.5) is 0 Å². The Morgan fingerprint density at radius 2 is 1.00 bits per heavy atom. The molecular formula is H4ClNa3O. The quantitative estimate of drug-likeness (QED) is 0.318. The SMILES string of the molecule is OCl.[H-].[H-].[H-].[Na+].[Na+].[Na+]. The van der Waals surface area contributed by atoms with Gasteiger partial charge in [-0.05, 0) is 0 Å². The molecule has 0 saturated heterocycles. The van der Waals surface area contributed by atoms with Crippen LogP contribution in [0.5, 0.6) is 0 Å². The topological polar surface area (TPSA) is 20.2 Å². The molecule has 0 aliphatic carbocycles. The maximum atomic E-state index is 6.47. The van der Waals surface area contributed by atoms with Crippen molar-refractivity contribution >= 4 is 11.9 Å². The van der Waals surface area contributed by atoms with Crippen molar-refractivity contribution in [1.82, 2.24) is 0 Å². The van der Waals surface area contributed by atoms with Gasteiger partial charge in [-0.1, -0.05) is 0 Å². The molecule has 0 heterocycles. The molecule has 0 atom stereocenters. The Hall–Kier alpha value is 3.25. The summed E-state index contributed by atoms with van der Waals surface area (Å²) in [4.78, 5) is 0. The third kappa shape index (κ3) is 18.9. The fraction of sp³-hybridized carbons (Fsp3) is 0. The van der Waals surface area contributed by atoms with Gasteiger partial charge in [0.25, 0.3) is 0 Å². The van der Waals surface area contributed by atoms with Crippen LogP contribution >= 0.6 is 11.9 Å². The average molecular weight is 124 g/mol. The van der Waals surface area contributed by atoms with Crippen molar-refractivity contribution in [2.75, 3.05) is 0 Å². The van der Waals surface area contributed by atoms with Crippen LogP contribution in [0.2, 0.25) is 0 Å². The summed E-state index contributed by atoms with van der Waals surface area (Å²) < 4.78 is 6.47. The van der Waals surface area contributed by atoms with Crippen molar-refractivity contribution < 1.29 is 97.6 Å². The molecule has 0 unspecified atom stereocenters. The molecule has 0 saturated carbocycles. The van der Waals surface area contributed by atoms with E-state index in [0.717, 1.165) is 0 Å². The summed E-state index contributed by atoms with van der Waals surface area (Å²) in [6.45, 7) is 0. The van der Waals surface area contributed by atoms with E-state index in [1.54, 1.807) is 0 Å². The Balaban J connectivity index is -0.000000000333. The summed E-state index contributed by atoms with van der Waals surface area (Å²) in [5.74, 6) is 0. The summed E-state index contributed by atoms with van der Waals surface area (Å²) in [6, 6.07) is 0. The molecule has 0 aromatic rings. The predicted molar refractivity (Wildman–Crippen MR) is 11.4 cm³/mol. The molecule has 0 bridgehead atoms. The first kappa shape index (κ1) is 24.0. The monoisotopic (exact) mass is 124 g/mol. The molecular weight excluding hydrogens is 120 g/mol. The van der Waals surface area contributed by atoms with E-state index in [9.17, 15) is 0 Å². The minimum atomic E-state index is 0. The van der Waals surface area contributed by atoms with E-state index in [2.05, 4.69) is 11.9 Å². The van der Waals surface area contributed by atoms with Crippen LogP contribution in [-0.2, 0) is 0 Å². The molecule has 0 rings (SSSR count). The second kappa shape index (κ2) is 26.8. The van der Waals surface area contributed by atoms with E-state index in [1.807, 2.05) is 0 Å². The Bertz CT molecular complexity index is 14.5. The van der Waals surface area contributed by atoms with Crippen molar-refractivity contribution in [2.24, 2.45) is 0 Å². The van der Waals surface area contributed by atoms with E-state index in [-0.39, 0.29) is 93.0 Å². The van der Waals surface area contributed by atoms with Gasteiger partial charge in [-0.25, -0.2) is 0 Å². The van der Waals surface area contributed by atoms with E-state index in [4.69, 9.17) is 4.66 Å². The standard InChI is InChI=1S/ClHO.3Na.3H/c1-2;;;;;;/h2H;;;;;;/q;3*+1;3*-1. The molecule has 0 amide bonds. The summed E-state index contributed by atoms with van der Waals surface area (Å²) in [6.07, 6.45) is 0. The van der Waals surface area contributed by atoms with Gasteiger partial charge in [0, 0.05) is 0 Å². The Morgan fingerprint density at radius 1 is 1.00 bits per heavy atom. The van der Waals surface area contributed by atoms with Crippen LogP contribution in [0, 0.1) is 0 Å². The molecule has 1 nitrogen and oxygen atoms in total. The minimum absolute atomic E-state index is 0. The first-order valence-corrected chi connectivity index (χ1v) is 0.507. The molecule has 5 heteroatoms. The fourth-order valence-corrected chi connectivity index (χ4v) is 0. The summed E-state index contributed by atoms with van der Waals surface area (Å²) in [5, 5.41) is 0. The van der Waals surface area contributed by atoms with Crippen molar-refractivity contribution in [1.29, 1.82) is 0 Å². The molecule has 0 aliphatic rings. The second-order valence-corrected chi connectivity index (χ2v) is 0. The molecule has 20 valence electrons. The predicted octanol–water partition coefficient (Wildman–Crippen LogP) is -8.52. The van der Waals surface area contributed by atoms with E-state index in [1.165, 1.54) is 0 Å². The van der Waals surface area contributed by atoms with Gasteiger partial charge in [-0.2, -0.15) is 0 Å². The zero-order valence-electron chi connectivity index (χ0n) is 6.83. The number of halogens is 1. The maximum Gasteiger partial charge on any atom is 1.00 e. The second-order valence-electron chi connectivity index (χ2n) is 0. The van der Waals surface area contributed by atoms with E-state index in [0.29, 0.717) is 0 Å². The molecule has 1 N–H and O–H groups in total. The van der Waals surface area contributed by atoms with Gasteiger partial charge in [0.1, 0.15) is 0 Å². The summed E-state index contributed by atoms with van der Waals surface area (Å²) >= 11 is 3.64. The Labute approximate surface area is 107 Å². The van der Waals surface area contributed by atoms with Crippen LogP contribution in [0.25, 0.3) is 0 Å². The van der Waals surface area contributed by atoms with Crippen LogP contribution in [0.15, 0.2) is 0 Å². The number of hydrogen-bond acceptors (Lipinski definition) is 1. The van der Waals surface area contributed by atoms with Gasteiger partial charge in [0.15, 0.2) is 0 Å². The van der Waals surface area contributed by atoms with Crippen LogP contribution in [-0.4, -0.2) is 4.66 Å². The maximum absolute atomic E-state index is 6.47. The first-order valence-electron chi connectivity index (χ1n) is 0.169. The zero-order chi connectivity index (χ0) is 2.00. The smallest absolute Gasteiger partial charge is 1.00 e. The van der Waals surface area contributed by atoms with Gasteiger partial charge in [-0.15, -0.1) is 0 Å². The van der Waals surface area contributed by atoms with Gasteiger partial charge < -0.3 is 4.28 Å². The molecule has 0 spiro atoms. The third-order valence-corrected chi connectivity index (χ3v) is 0. The minimum Gasteiger partial charge on any atom is -1.00 e. The van der Waals surface area contributed by atoms with Gasteiger partial charge in [-0.3, -0.25) is 4.66 Å². The Kier molecular flexibility index (Phi) is 129. The molecule has 0 aliphatic heterocycles. The largest absolute Gasteiger partial charge is 1.00 e. The van der Waals surface area contributed by atoms with Gasteiger partial charge in [0.05, 0.1) is 11.9 Å². The molecule has 0 fully saturated rings. The van der Waals surface area contributed by atoms with Gasteiger partial charge in [0.2, 0.25) is 0 Å². The van der Waals surface area contributed by atoms with Gasteiger partial charge >= 0.3 is 88.7 Å². The summed E-state index contributed by atoms with van der Waals surface area (Å²) in [7, 11) is 0. The molecule has 0 radical (unpaired) electrons. The van der Waals surface area contributed by atoms with Crippen molar-refractivity contribution in [3.63, 3.8) is 0 Å². The normalized spacial score (nSPS) is 1.20. The van der Waals surface area contributed by atoms with E-state index < -0.39 is 0 Å². The average Bonchev–Trinajstić information content (AvgIpc) is 1.00. The van der Waals surface area contributed by atoms with Crippen LogP contribution < -0.4 is 88.7 Å². The fourth-order valence-electron chi connectivity index (χ4n) is 0. The van der Waals surface area contributed by atoms with Crippen molar-refractivity contribution in [3.05, 3.63) is 0 Å². The molecule has 0 aromatic heterocycles. The Morgan fingerprint density at radius 3 is 1.00 bits per heavy atom. The van der Waals surface area contributed by atoms with Crippen LogP contribution in [0.3, 0.4) is 0 Å². The zero-order valence-corrected chi connectivity index (χ0v) is 10.6. The van der Waals surface area contributed by atoms with Crippen LogP contribution in [0.1, 0.15) is 4.28 Å². The molecule has 5 heavy (non-hydrogen) atoms. The summed E-state index contributed by atoms with van der Waals surface area (Å²) in [5.41, 5.74) is 0. The van der Waals surface area contributed by atoms with Crippen molar-refractivity contribution in [3.8, 4) is 0 Å². The molecule has 0 aromatic carbocycles. The van der Waals surface area contributed by atoms with Crippen molar-refractivity contribution in [2.45, 2.75) is 0 Å².